The van der Waals surface area contributed by atoms with Crippen LogP contribution in [0.1, 0.15) is 42.3 Å². The molecule has 0 aliphatic carbocycles. The van der Waals surface area contributed by atoms with Crippen LogP contribution in [-0.2, 0) is 17.8 Å². The topological polar surface area (TPSA) is 77.1 Å². The number of nitrogens with one attached hydrogen (secondary N) is 1. The van der Waals surface area contributed by atoms with Crippen molar-refractivity contribution in [3.8, 4) is 17.2 Å². The SMILES string of the molecule is CCOc1ccc(C(=O)NCC(=O)N2CCc3cc(OCC)c(OCC)cc3C2)cc1. The fraction of sp³-hybridized carbons (Fsp3) is 0.417. The van der Waals surface area contributed by atoms with E-state index in [9.17, 15) is 9.59 Å². The average molecular weight is 427 g/mol. The summed E-state index contributed by atoms with van der Waals surface area (Å²) in [6.45, 7) is 8.49. The Morgan fingerprint density at radius 1 is 0.903 bits per heavy atom. The highest BCUT2D eigenvalue weighted by atomic mass is 16.5. The Kier molecular flexibility index (Phi) is 7.76. The number of amides is 2. The molecular weight excluding hydrogens is 396 g/mol. The van der Waals surface area contributed by atoms with Gasteiger partial charge in [-0.25, -0.2) is 0 Å². The number of rotatable bonds is 9. The smallest absolute Gasteiger partial charge is 0.251 e. The molecule has 1 heterocycles. The molecule has 1 aliphatic heterocycles. The summed E-state index contributed by atoms with van der Waals surface area (Å²) in [6.07, 6.45) is 0.736. The van der Waals surface area contributed by atoms with Crippen molar-refractivity contribution >= 4 is 11.8 Å². The molecular formula is C24H30N2O5. The van der Waals surface area contributed by atoms with Gasteiger partial charge in [0.25, 0.3) is 5.91 Å². The second kappa shape index (κ2) is 10.7. The van der Waals surface area contributed by atoms with E-state index in [1.165, 1.54) is 0 Å². The molecule has 166 valence electrons. The predicted octanol–water partition coefficient (Wildman–Crippen LogP) is 3.20. The molecule has 3 rings (SSSR count). The summed E-state index contributed by atoms with van der Waals surface area (Å²) in [6, 6.07) is 10.8. The van der Waals surface area contributed by atoms with Crippen LogP contribution in [0.25, 0.3) is 0 Å². The minimum Gasteiger partial charge on any atom is -0.494 e. The van der Waals surface area contributed by atoms with Crippen molar-refractivity contribution in [3.05, 3.63) is 53.1 Å². The number of carbonyl (C=O) groups excluding carboxylic acids is 2. The Balaban J connectivity index is 1.60. The Morgan fingerprint density at radius 2 is 1.52 bits per heavy atom. The number of fused-ring (bicyclic) bond motifs is 1. The molecule has 31 heavy (non-hydrogen) atoms. The fourth-order valence-corrected chi connectivity index (χ4v) is 3.55. The zero-order valence-electron chi connectivity index (χ0n) is 18.4. The molecule has 0 aromatic heterocycles. The van der Waals surface area contributed by atoms with Crippen LogP contribution in [0.15, 0.2) is 36.4 Å². The van der Waals surface area contributed by atoms with Gasteiger partial charge in [0.05, 0.1) is 26.4 Å². The van der Waals surface area contributed by atoms with Crippen molar-refractivity contribution in [2.75, 3.05) is 32.9 Å². The van der Waals surface area contributed by atoms with E-state index < -0.39 is 0 Å². The number of carbonyl (C=O) groups is 2. The van der Waals surface area contributed by atoms with E-state index >= 15 is 0 Å². The summed E-state index contributed by atoms with van der Waals surface area (Å²) < 4.78 is 16.8. The first-order valence-corrected chi connectivity index (χ1v) is 10.8. The standard InChI is InChI=1S/C24H30N2O5/c1-4-29-20-9-7-17(8-10-20)24(28)25-15-23(27)26-12-11-18-13-21(30-5-2)22(31-6-3)14-19(18)16-26/h7-10,13-14H,4-6,11-12,15-16H2,1-3H3,(H,25,28). The number of hydrogen-bond donors (Lipinski definition) is 1. The van der Waals surface area contributed by atoms with Gasteiger partial charge in [-0.15, -0.1) is 0 Å². The molecule has 2 aromatic carbocycles. The monoisotopic (exact) mass is 426 g/mol. The first-order chi connectivity index (χ1) is 15.0. The van der Waals surface area contributed by atoms with E-state index in [1.54, 1.807) is 29.2 Å². The molecule has 0 bridgehead atoms. The average Bonchev–Trinajstić information content (AvgIpc) is 2.78. The lowest BCUT2D eigenvalue weighted by molar-refractivity contribution is -0.131. The third kappa shape index (κ3) is 5.69. The Bertz CT molecular complexity index is 911. The summed E-state index contributed by atoms with van der Waals surface area (Å²) in [7, 11) is 0. The molecule has 7 nitrogen and oxygen atoms in total. The van der Waals surface area contributed by atoms with Crippen molar-refractivity contribution in [2.45, 2.75) is 33.7 Å². The van der Waals surface area contributed by atoms with Gasteiger partial charge in [-0.2, -0.15) is 0 Å². The van der Waals surface area contributed by atoms with E-state index in [2.05, 4.69) is 5.32 Å². The Labute approximate surface area is 183 Å². The van der Waals surface area contributed by atoms with Crippen molar-refractivity contribution in [1.82, 2.24) is 10.2 Å². The highest BCUT2D eigenvalue weighted by molar-refractivity contribution is 5.96. The van der Waals surface area contributed by atoms with Crippen LogP contribution < -0.4 is 19.5 Å². The summed E-state index contributed by atoms with van der Waals surface area (Å²) >= 11 is 0. The summed E-state index contributed by atoms with van der Waals surface area (Å²) in [5.74, 6) is 1.75. The maximum absolute atomic E-state index is 12.7. The number of hydrogen-bond acceptors (Lipinski definition) is 5. The molecule has 1 N–H and O–H groups in total. The van der Waals surface area contributed by atoms with Crippen LogP contribution in [0.3, 0.4) is 0 Å². The van der Waals surface area contributed by atoms with E-state index in [1.807, 2.05) is 32.9 Å². The quantitative estimate of drug-likeness (QED) is 0.666. The summed E-state index contributed by atoms with van der Waals surface area (Å²) in [5, 5.41) is 2.71. The molecule has 7 heteroatoms. The van der Waals surface area contributed by atoms with Crippen LogP contribution in [0, 0.1) is 0 Å². The largest absolute Gasteiger partial charge is 0.494 e. The van der Waals surface area contributed by atoms with Crippen molar-refractivity contribution < 1.29 is 23.8 Å². The van der Waals surface area contributed by atoms with Gasteiger partial charge in [-0.1, -0.05) is 0 Å². The van der Waals surface area contributed by atoms with Crippen LogP contribution in [0.4, 0.5) is 0 Å². The van der Waals surface area contributed by atoms with E-state index in [4.69, 9.17) is 14.2 Å². The van der Waals surface area contributed by atoms with Crippen LogP contribution in [0.2, 0.25) is 0 Å². The summed E-state index contributed by atoms with van der Waals surface area (Å²) in [5.41, 5.74) is 2.70. The predicted molar refractivity (Wildman–Crippen MR) is 118 cm³/mol. The molecule has 1 aliphatic rings. The number of ether oxygens (including phenoxy) is 3. The van der Waals surface area contributed by atoms with Crippen LogP contribution in [-0.4, -0.2) is 49.6 Å². The van der Waals surface area contributed by atoms with Gasteiger partial charge in [-0.05, 0) is 74.7 Å². The molecule has 0 atom stereocenters. The van der Waals surface area contributed by atoms with Gasteiger partial charge < -0.3 is 24.4 Å². The molecule has 0 spiro atoms. The van der Waals surface area contributed by atoms with Gasteiger partial charge in [0.1, 0.15) is 5.75 Å². The lowest BCUT2D eigenvalue weighted by Crippen LogP contribution is -2.42. The minimum atomic E-state index is -0.284. The highest BCUT2D eigenvalue weighted by Crippen LogP contribution is 2.33. The Morgan fingerprint density at radius 3 is 2.13 bits per heavy atom. The van der Waals surface area contributed by atoms with Gasteiger partial charge in [0.15, 0.2) is 11.5 Å². The van der Waals surface area contributed by atoms with Crippen LogP contribution in [0.5, 0.6) is 17.2 Å². The van der Waals surface area contributed by atoms with Crippen LogP contribution >= 0.6 is 0 Å². The number of nitrogens with zero attached hydrogens (tertiary/aromatic N) is 1. The van der Waals surface area contributed by atoms with Crippen molar-refractivity contribution in [3.63, 3.8) is 0 Å². The molecule has 2 aromatic rings. The van der Waals surface area contributed by atoms with Crippen molar-refractivity contribution in [2.24, 2.45) is 0 Å². The fourth-order valence-electron chi connectivity index (χ4n) is 3.55. The lowest BCUT2D eigenvalue weighted by Gasteiger charge is -2.30. The van der Waals surface area contributed by atoms with Gasteiger partial charge >= 0.3 is 0 Å². The van der Waals surface area contributed by atoms with Gasteiger partial charge in [0.2, 0.25) is 5.91 Å². The van der Waals surface area contributed by atoms with E-state index in [-0.39, 0.29) is 18.4 Å². The molecule has 0 radical (unpaired) electrons. The first kappa shape index (κ1) is 22.5. The minimum absolute atomic E-state index is 0.0449. The molecule has 0 unspecified atom stereocenters. The zero-order valence-corrected chi connectivity index (χ0v) is 18.4. The second-order valence-electron chi connectivity index (χ2n) is 7.14. The molecule has 0 saturated heterocycles. The van der Waals surface area contributed by atoms with E-state index in [0.29, 0.717) is 50.0 Å². The third-order valence-electron chi connectivity index (χ3n) is 5.06. The van der Waals surface area contributed by atoms with E-state index in [0.717, 1.165) is 23.3 Å². The first-order valence-electron chi connectivity index (χ1n) is 10.8. The molecule has 0 saturated carbocycles. The molecule has 2 amide bonds. The zero-order chi connectivity index (χ0) is 22.2. The maximum atomic E-state index is 12.7. The third-order valence-corrected chi connectivity index (χ3v) is 5.06. The lowest BCUT2D eigenvalue weighted by atomic mass is 9.98. The Hall–Kier alpha value is -3.22. The highest BCUT2D eigenvalue weighted by Gasteiger charge is 2.23. The summed E-state index contributed by atoms with van der Waals surface area (Å²) in [4.78, 5) is 26.8. The van der Waals surface area contributed by atoms with Crippen molar-refractivity contribution in [1.29, 1.82) is 0 Å². The number of benzene rings is 2. The van der Waals surface area contributed by atoms with Gasteiger partial charge in [-0.3, -0.25) is 9.59 Å². The normalized spacial score (nSPS) is 12.7. The van der Waals surface area contributed by atoms with Gasteiger partial charge in [0, 0.05) is 18.7 Å². The second-order valence-corrected chi connectivity index (χ2v) is 7.14. The maximum Gasteiger partial charge on any atom is 0.251 e. The molecule has 0 fully saturated rings.